The third kappa shape index (κ3) is 8.87. The SMILES string of the molecule is CN=C(NCc1ccc(OC(C)(C)C)cc1C(F)(F)F)NCC1CCCN(C)C1.I. The van der Waals surface area contributed by atoms with E-state index in [0.717, 1.165) is 38.5 Å². The average Bonchev–Trinajstić information content (AvgIpc) is 2.60. The predicted octanol–water partition coefficient (Wildman–Crippen LogP) is 4.51. The minimum Gasteiger partial charge on any atom is -0.488 e. The fourth-order valence-corrected chi connectivity index (χ4v) is 3.47. The van der Waals surface area contributed by atoms with E-state index in [9.17, 15) is 13.2 Å². The molecule has 172 valence electrons. The number of alkyl halides is 3. The van der Waals surface area contributed by atoms with Crippen molar-refractivity contribution in [1.82, 2.24) is 15.5 Å². The van der Waals surface area contributed by atoms with E-state index in [1.807, 2.05) is 0 Å². The Morgan fingerprint density at radius 3 is 2.50 bits per heavy atom. The van der Waals surface area contributed by atoms with Gasteiger partial charge in [-0.05, 0) is 70.8 Å². The lowest BCUT2D eigenvalue weighted by molar-refractivity contribution is -0.138. The van der Waals surface area contributed by atoms with Gasteiger partial charge in [0.05, 0.1) is 5.56 Å². The smallest absolute Gasteiger partial charge is 0.416 e. The molecule has 0 aliphatic carbocycles. The highest BCUT2D eigenvalue weighted by Crippen LogP contribution is 2.35. The Labute approximate surface area is 194 Å². The number of aliphatic imine (C=N–C) groups is 1. The van der Waals surface area contributed by atoms with Crippen molar-refractivity contribution >= 4 is 29.9 Å². The van der Waals surface area contributed by atoms with E-state index in [4.69, 9.17) is 4.74 Å². The summed E-state index contributed by atoms with van der Waals surface area (Å²) < 4.78 is 46.3. The first-order valence-corrected chi connectivity index (χ1v) is 10.00. The molecule has 0 saturated carbocycles. The lowest BCUT2D eigenvalue weighted by Gasteiger charge is -2.30. The van der Waals surface area contributed by atoms with E-state index in [-0.39, 0.29) is 41.8 Å². The van der Waals surface area contributed by atoms with Crippen molar-refractivity contribution in [2.45, 2.75) is 51.9 Å². The van der Waals surface area contributed by atoms with Crippen LogP contribution in [0.5, 0.6) is 5.75 Å². The lowest BCUT2D eigenvalue weighted by atomic mass is 9.99. The maximum Gasteiger partial charge on any atom is 0.416 e. The maximum absolute atomic E-state index is 13.6. The Balaban J connectivity index is 0.00000450. The number of nitrogens with one attached hydrogen (secondary N) is 2. The zero-order valence-electron chi connectivity index (χ0n) is 18.4. The van der Waals surface area contributed by atoms with Gasteiger partial charge in [0, 0.05) is 26.7 Å². The normalized spacial score (nSPS) is 18.5. The Bertz CT molecular complexity index is 704. The first kappa shape index (κ1) is 26.8. The van der Waals surface area contributed by atoms with Gasteiger partial charge in [-0.1, -0.05) is 6.07 Å². The highest BCUT2D eigenvalue weighted by molar-refractivity contribution is 14.0. The van der Waals surface area contributed by atoms with Gasteiger partial charge < -0.3 is 20.3 Å². The van der Waals surface area contributed by atoms with Crippen LogP contribution < -0.4 is 15.4 Å². The number of benzene rings is 1. The van der Waals surface area contributed by atoms with Crippen LogP contribution in [0, 0.1) is 5.92 Å². The van der Waals surface area contributed by atoms with Gasteiger partial charge in [-0.2, -0.15) is 13.2 Å². The Morgan fingerprint density at radius 2 is 1.93 bits per heavy atom. The maximum atomic E-state index is 13.6. The number of ether oxygens (including phenoxy) is 1. The van der Waals surface area contributed by atoms with E-state index in [0.29, 0.717) is 11.9 Å². The highest BCUT2D eigenvalue weighted by atomic mass is 127. The highest BCUT2D eigenvalue weighted by Gasteiger charge is 2.34. The number of piperidine rings is 1. The fraction of sp³-hybridized carbons (Fsp3) is 0.667. The summed E-state index contributed by atoms with van der Waals surface area (Å²) in [5.41, 5.74) is -1.11. The molecule has 5 nitrogen and oxygen atoms in total. The molecule has 1 saturated heterocycles. The van der Waals surface area contributed by atoms with Crippen LogP contribution in [0.15, 0.2) is 23.2 Å². The van der Waals surface area contributed by atoms with Crippen LogP contribution in [0.1, 0.15) is 44.7 Å². The number of rotatable bonds is 5. The van der Waals surface area contributed by atoms with Crippen molar-refractivity contribution in [3.8, 4) is 5.75 Å². The lowest BCUT2D eigenvalue weighted by Crippen LogP contribution is -2.43. The van der Waals surface area contributed by atoms with Crippen LogP contribution in [-0.4, -0.2) is 50.2 Å². The summed E-state index contributed by atoms with van der Waals surface area (Å²) >= 11 is 0. The Kier molecular flexibility index (Phi) is 10.2. The summed E-state index contributed by atoms with van der Waals surface area (Å²) in [6.07, 6.45) is -2.16. The third-order valence-corrected chi connectivity index (χ3v) is 4.76. The molecule has 1 aliphatic rings. The van der Waals surface area contributed by atoms with E-state index < -0.39 is 17.3 Å². The molecular weight excluding hydrogens is 508 g/mol. The summed E-state index contributed by atoms with van der Waals surface area (Å²) in [7, 11) is 3.72. The standard InChI is InChI=1S/C21H33F3N4O.HI/c1-20(2,3)29-17-9-8-16(18(11-17)21(22,23)24)13-27-19(25-4)26-12-15-7-6-10-28(5)14-15;/h8-9,11,15H,6-7,10,12-14H2,1-5H3,(H2,25,26,27);1H. The number of nitrogens with zero attached hydrogens (tertiary/aromatic N) is 2. The molecule has 1 fully saturated rings. The molecule has 2 rings (SSSR count). The van der Waals surface area contributed by atoms with Crippen molar-refractivity contribution in [3.63, 3.8) is 0 Å². The van der Waals surface area contributed by atoms with Crippen LogP contribution in [0.3, 0.4) is 0 Å². The van der Waals surface area contributed by atoms with Gasteiger partial charge in [0.2, 0.25) is 0 Å². The molecule has 0 radical (unpaired) electrons. The zero-order valence-corrected chi connectivity index (χ0v) is 20.7. The molecule has 2 N–H and O–H groups in total. The summed E-state index contributed by atoms with van der Waals surface area (Å²) in [6.45, 7) is 8.29. The van der Waals surface area contributed by atoms with Crippen LogP contribution in [0.4, 0.5) is 13.2 Å². The largest absolute Gasteiger partial charge is 0.488 e. The van der Waals surface area contributed by atoms with Crippen LogP contribution in [0.2, 0.25) is 0 Å². The Hall–Kier alpha value is -1.23. The van der Waals surface area contributed by atoms with E-state index in [2.05, 4.69) is 27.6 Å². The van der Waals surface area contributed by atoms with Gasteiger partial charge in [-0.25, -0.2) is 0 Å². The second kappa shape index (κ2) is 11.4. The summed E-state index contributed by atoms with van der Waals surface area (Å²) in [6, 6.07) is 4.10. The van der Waals surface area contributed by atoms with Gasteiger partial charge in [0.25, 0.3) is 0 Å². The molecule has 0 amide bonds. The van der Waals surface area contributed by atoms with Crippen molar-refractivity contribution < 1.29 is 17.9 Å². The average molecular weight is 542 g/mol. The van der Waals surface area contributed by atoms with Crippen LogP contribution in [-0.2, 0) is 12.7 Å². The molecule has 1 aromatic carbocycles. The van der Waals surface area contributed by atoms with Crippen molar-refractivity contribution in [3.05, 3.63) is 29.3 Å². The van der Waals surface area contributed by atoms with E-state index in [1.54, 1.807) is 33.9 Å². The van der Waals surface area contributed by atoms with E-state index >= 15 is 0 Å². The van der Waals surface area contributed by atoms with Gasteiger partial charge >= 0.3 is 6.18 Å². The molecular formula is C21H34F3IN4O. The second-order valence-corrected chi connectivity index (χ2v) is 8.61. The molecule has 1 aromatic rings. The first-order chi connectivity index (χ1) is 13.5. The van der Waals surface area contributed by atoms with Gasteiger partial charge in [-0.3, -0.25) is 4.99 Å². The number of guanidine groups is 1. The van der Waals surface area contributed by atoms with Crippen molar-refractivity contribution in [2.75, 3.05) is 33.7 Å². The first-order valence-electron chi connectivity index (χ1n) is 10.00. The van der Waals surface area contributed by atoms with Gasteiger partial charge in [0.15, 0.2) is 5.96 Å². The number of hydrogen-bond donors (Lipinski definition) is 2. The minimum atomic E-state index is -4.46. The molecule has 1 unspecified atom stereocenters. The fourth-order valence-electron chi connectivity index (χ4n) is 3.47. The van der Waals surface area contributed by atoms with Crippen LogP contribution in [0.25, 0.3) is 0 Å². The third-order valence-electron chi connectivity index (χ3n) is 4.76. The summed E-state index contributed by atoms with van der Waals surface area (Å²) in [5, 5.41) is 6.24. The van der Waals surface area contributed by atoms with Crippen molar-refractivity contribution in [2.24, 2.45) is 10.9 Å². The monoisotopic (exact) mass is 542 g/mol. The summed E-state index contributed by atoms with van der Waals surface area (Å²) in [4.78, 5) is 6.43. The molecule has 1 heterocycles. The zero-order chi connectivity index (χ0) is 21.7. The molecule has 0 bridgehead atoms. The predicted molar refractivity (Wildman–Crippen MR) is 126 cm³/mol. The minimum absolute atomic E-state index is 0. The molecule has 0 spiro atoms. The van der Waals surface area contributed by atoms with Gasteiger partial charge in [-0.15, -0.1) is 24.0 Å². The topological polar surface area (TPSA) is 48.9 Å². The molecule has 1 aliphatic heterocycles. The second-order valence-electron chi connectivity index (χ2n) is 8.61. The molecule has 30 heavy (non-hydrogen) atoms. The number of halogens is 4. The molecule has 1 atom stereocenters. The number of hydrogen-bond acceptors (Lipinski definition) is 3. The Morgan fingerprint density at radius 1 is 1.23 bits per heavy atom. The van der Waals surface area contributed by atoms with Crippen molar-refractivity contribution in [1.29, 1.82) is 0 Å². The van der Waals surface area contributed by atoms with Gasteiger partial charge in [0.1, 0.15) is 11.4 Å². The quantitative estimate of drug-likeness (QED) is 0.327. The van der Waals surface area contributed by atoms with Crippen LogP contribution >= 0.6 is 24.0 Å². The molecule has 9 heteroatoms. The number of likely N-dealkylation sites (tertiary alicyclic amines) is 1. The summed E-state index contributed by atoms with van der Waals surface area (Å²) in [5.74, 6) is 1.21. The van der Waals surface area contributed by atoms with E-state index in [1.165, 1.54) is 6.07 Å². The molecule has 0 aromatic heterocycles.